The first kappa shape index (κ1) is 13.9. The highest BCUT2D eigenvalue weighted by Crippen LogP contribution is 2.17. The Labute approximate surface area is 107 Å². The lowest BCUT2D eigenvalue weighted by atomic mass is 9.99. The van der Waals surface area contributed by atoms with E-state index in [9.17, 15) is 4.79 Å². The Morgan fingerprint density at radius 3 is 2.65 bits per heavy atom. The van der Waals surface area contributed by atoms with Crippen LogP contribution in [0.3, 0.4) is 0 Å². The number of alkyl halides is 1. The number of nitrogens with zero attached hydrogens (tertiary/aromatic N) is 2. The van der Waals surface area contributed by atoms with Crippen molar-refractivity contribution in [2.45, 2.75) is 32.1 Å². The van der Waals surface area contributed by atoms with E-state index in [1.54, 1.807) is 6.07 Å². The van der Waals surface area contributed by atoms with E-state index in [-0.39, 0.29) is 11.3 Å². The molecule has 0 aliphatic heterocycles. The van der Waals surface area contributed by atoms with Gasteiger partial charge < -0.3 is 5.32 Å². The number of hydrogen-bond donors (Lipinski definition) is 1. The monoisotopic (exact) mass is 255 g/mol. The molecule has 0 bridgehead atoms. The molecule has 17 heavy (non-hydrogen) atoms. The Hall–Kier alpha value is -1.16. The molecule has 0 radical (unpaired) electrons. The number of carbonyl (C=O) groups is 1. The third-order valence-corrected chi connectivity index (χ3v) is 3.37. The Balaban J connectivity index is 2.43. The van der Waals surface area contributed by atoms with E-state index >= 15 is 0 Å². The highest BCUT2D eigenvalue weighted by molar-refractivity contribution is 6.21. The maximum atomic E-state index is 11.7. The molecule has 0 aliphatic rings. The molecule has 0 saturated carbocycles. The molecule has 4 nitrogen and oxygen atoms in total. The molecule has 94 valence electrons. The van der Waals surface area contributed by atoms with Gasteiger partial charge in [0.25, 0.3) is 5.91 Å². The third kappa shape index (κ3) is 4.30. The minimum atomic E-state index is -0.156. The van der Waals surface area contributed by atoms with Gasteiger partial charge in [0.1, 0.15) is 0 Å². The van der Waals surface area contributed by atoms with Gasteiger partial charge in [-0.15, -0.1) is 11.6 Å². The van der Waals surface area contributed by atoms with Gasteiger partial charge in [-0.05, 0) is 12.0 Å². The summed E-state index contributed by atoms with van der Waals surface area (Å²) in [7, 11) is 0. The lowest BCUT2D eigenvalue weighted by molar-refractivity contribution is 0.0951. The van der Waals surface area contributed by atoms with Crippen LogP contribution in [0.1, 0.15) is 37.0 Å². The minimum absolute atomic E-state index is 0.0243. The number of hydrogen-bond acceptors (Lipinski definition) is 3. The van der Waals surface area contributed by atoms with Gasteiger partial charge in [-0.25, -0.2) is 0 Å². The fraction of sp³-hybridized carbons (Fsp3) is 0.583. The predicted molar refractivity (Wildman–Crippen MR) is 68.1 cm³/mol. The van der Waals surface area contributed by atoms with Crippen molar-refractivity contribution in [3.05, 3.63) is 24.0 Å². The lowest BCUT2D eigenvalue weighted by Gasteiger charge is -2.19. The third-order valence-electron chi connectivity index (χ3n) is 2.86. The van der Waals surface area contributed by atoms with E-state index in [0.29, 0.717) is 18.0 Å². The average Bonchev–Trinajstić information content (AvgIpc) is 2.38. The number of halogens is 1. The molecule has 0 fully saturated rings. The second-order valence-corrected chi connectivity index (χ2v) is 4.49. The van der Waals surface area contributed by atoms with E-state index < -0.39 is 0 Å². The number of rotatable bonds is 6. The Kier molecular flexibility index (Phi) is 5.91. The van der Waals surface area contributed by atoms with Gasteiger partial charge >= 0.3 is 0 Å². The van der Waals surface area contributed by atoms with Crippen molar-refractivity contribution >= 4 is 17.5 Å². The highest BCUT2D eigenvalue weighted by atomic mass is 35.5. The van der Waals surface area contributed by atoms with Crippen LogP contribution in [0.5, 0.6) is 0 Å². The zero-order valence-corrected chi connectivity index (χ0v) is 10.9. The summed E-state index contributed by atoms with van der Waals surface area (Å²) >= 11 is 6.24. The van der Waals surface area contributed by atoms with Crippen LogP contribution in [0.15, 0.2) is 18.5 Å². The molecular weight excluding hydrogens is 238 g/mol. The number of amides is 1. The standard InChI is InChI=1S/C12H18ClN3O/c1-3-9(4-2)11(13)8-14-12(17)10-5-6-15-16-7-10/h5-7,9,11H,3-4,8H2,1-2H3,(H,14,17). The van der Waals surface area contributed by atoms with Gasteiger partial charge in [-0.1, -0.05) is 26.7 Å². The van der Waals surface area contributed by atoms with Gasteiger partial charge in [-0.2, -0.15) is 10.2 Å². The van der Waals surface area contributed by atoms with Crippen LogP contribution >= 0.6 is 11.6 Å². The van der Waals surface area contributed by atoms with Crippen molar-refractivity contribution in [1.82, 2.24) is 15.5 Å². The van der Waals surface area contributed by atoms with E-state index in [1.165, 1.54) is 12.4 Å². The van der Waals surface area contributed by atoms with Crippen LogP contribution < -0.4 is 5.32 Å². The number of carbonyl (C=O) groups excluding carboxylic acids is 1. The average molecular weight is 256 g/mol. The van der Waals surface area contributed by atoms with Crippen molar-refractivity contribution in [3.8, 4) is 0 Å². The molecule has 0 aliphatic carbocycles. The molecule has 0 aromatic carbocycles. The number of nitrogens with one attached hydrogen (secondary N) is 1. The fourth-order valence-corrected chi connectivity index (χ4v) is 2.12. The highest BCUT2D eigenvalue weighted by Gasteiger charge is 2.16. The van der Waals surface area contributed by atoms with Gasteiger partial charge in [0.15, 0.2) is 0 Å². The summed E-state index contributed by atoms with van der Waals surface area (Å²) in [6.45, 7) is 4.70. The molecule has 1 aromatic heterocycles. The molecule has 1 atom stereocenters. The van der Waals surface area contributed by atoms with Gasteiger partial charge in [0.2, 0.25) is 0 Å². The summed E-state index contributed by atoms with van der Waals surface area (Å²) in [5.41, 5.74) is 0.508. The van der Waals surface area contributed by atoms with E-state index in [1.807, 2.05) is 0 Å². The summed E-state index contributed by atoms with van der Waals surface area (Å²) in [6, 6.07) is 1.63. The van der Waals surface area contributed by atoms with Crippen molar-refractivity contribution < 1.29 is 4.79 Å². The largest absolute Gasteiger partial charge is 0.350 e. The molecule has 1 rings (SSSR count). The Bertz CT molecular complexity index is 341. The van der Waals surface area contributed by atoms with E-state index in [2.05, 4.69) is 29.4 Å². The summed E-state index contributed by atoms with van der Waals surface area (Å²) in [4.78, 5) is 11.7. The van der Waals surface area contributed by atoms with Gasteiger partial charge in [0, 0.05) is 6.54 Å². The topological polar surface area (TPSA) is 54.9 Å². The van der Waals surface area contributed by atoms with Crippen molar-refractivity contribution in [2.24, 2.45) is 5.92 Å². The molecule has 5 heteroatoms. The molecule has 1 aromatic rings. The smallest absolute Gasteiger partial charge is 0.253 e. The van der Waals surface area contributed by atoms with Crippen molar-refractivity contribution in [1.29, 1.82) is 0 Å². The first-order valence-corrected chi connectivity index (χ1v) is 6.31. The van der Waals surface area contributed by atoms with Crippen molar-refractivity contribution in [3.63, 3.8) is 0 Å². The first-order chi connectivity index (χ1) is 8.19. The van der Waals surface area contributed by atoms with Crippen LogP contribution in [0.2, 0.25) is 0 Å². The summed E-state index contributed by atoms with van der Waals surface area (Å²) in [6.07, 6.45) is 4.98. The van der Waals surface area contributed by atoms with Crippen LogP contribution in [-0.4, -0.2) is 28.0 Å². The maximum absolute atomic E-state index is 11.7. The number of aromatic nitrogens is 2. The van der Waals surface area contributed by atoms with Gasteiger partial charge in [-0.3, -0.25) is 4.79 Å². The van der Waals surface area contributed by atoms with Crippen LogP contribution in [0.4, 0.5) is 0 Å². The van der Waals surface area contributed by atoms with E-state index in [4.69, 9.17) is 11.6 Å². The zero-order valence-electron chi connectivity index (χ0n) is 10.2. The summed E-state index contributed by atoms with van der Waals surface area (Å²) in [5, 5.41) is 10.1. The Morgan fingerprint density at radius 1 is 1.41 bits per heavy atom. The van der Waals surface area contributed by atoms with Crippen LogP contribution in [-0.2, 0) is 0 Å². The maximum Gasteiger partial charge on any atom is 0.253 e. The second kappa shape index (κ2) is 7.22. The molecule has 1 heterocycles. The second-order valence-electron chi connectivity index (χ2n) is 3.93. The fourth-order valence-electron chi connectivity index (χ4n) is 1.68. The van der Waals surface area contributed by atoms with E-state index in [0.717, 1.165) is 12.8 Å². The molecular formula is C12H18ClN3O. The SMILES string of the molecule is CCC(CC)C(Cl)CNC(=O)c1ccnnc1. The molecule has 0 saturated heterocycles. The first-order valence-electron chi connectivity index (χ1n) is 5.88. The molecule has 1 unspecified atom stereocenters. The molecule has 0 spiro atoms. The summed E-state index contributed by atoms with van der Waals surface area (Å²) < 4.78 is 0. The van der Waals surface area contributed by atoms with Crippen LogP contribution in [0, 0.1) is 5.92 Å². The Morgan fingerprint density at radius 2 is 2.12 bits per heavy atom. The van der Waals surface area contributed by atoms with Crippen molar-refractivity contribution in [2.75, 3.05) is 6.54 Å². The molecule has 1 N–H and O–H groups in total. The minimum Gasteiger partial charge on any atom is -0.350 e. The van der Waals surface area contributed by atoms with Gasteiger partial charge in [0.05, 0.1) is 23.3 Å². The molecule has 1 amide bonds. The van der Waals surface area contributed by atoms with Crippen LogP contribution in [0.25, 0.3) is 0 Å². The summed E-state index contributed by atoms with van der Waals surface area (Å²) in [5.74, 6) is 0.282. The predicted octanol–water partition coefficient (Wildman–Crippen LogP) is 2.25. The zero-order chi connectivity index (χ0) is 12.7. The quantitative estimate of drug-likeness (QED) is 0.794. The normalized spacial score (nSPS) is 12.5. The lowest BCUT2D eigenvalue weighted by Crippen LogP contribution is -2.33.